The van der Waals surface area contributed by atoms with E-state index in [2.05, 4.69) is 5.16 Å². The molecule has 0 saturated carbocycles. The Balaban J connectivity index is 1.43. The SMILES string of the molecule is CC(C)(C)OC(=O)CCN1C(=O)CC2(CC(CCC3CCN(C(=O)OC(C)(C)C)CC3)=NO2)C1=O. The molecule has 0 N–H and O–H groups in total. The van der Waals surface area contributed by atoms with Crippen LogP contribution in [-0.4, -0.2) is 75.8 Å². The second kappa shape index (κ2) is 10.1. The van der Waals surface area contributed by atoms with Gasteiger partial charge in [0.25, 0.3) is 5.91 Å². The van der Waals surface area contributed by atoms with Crippen molar-refractivity contribution < 1.29 is 33.5 Å². The number of piperidine rings is 1. The minimum Gasteiger partial charge on any atom is -0.460 e. The molecule has 0 aromatic heterocycles. The Morgan fingerprint density at radius 2 is 1.66 bits per heavy atom. The first-order valence-electron chi connectivity index (χ1n) is 12.5. The molecule has 10 heteroatoms. The van der Waals surface area contributed by atoms with Crippen LogP contribution in [-0.2, 0) is 28.7 Å². The standard InChI is InChI=1S/C25H39N3O7/c1-23(2,3)33-20(30)11-14-28-19(29)16-25(21(28)31)15-18(26-35-25)8-7-17-9-12-27(13-10-17)22(32)34-24(4,5)6/h17H,7-16H2,1-6H3. The lowest BCUT2D eigenvalue weighted by atomic mass is 9.88. The first-order valence-corrected chi connectivity index (χ1v) is 12.5. The van der Waals surface area contributed by atoms with Crippen LogP contribution in [0.15, 0.2) is 5.16 Å². The number of imide groups is 1. The summed E-state index contributed by atoms with van der Waals surface area (Å²) < 4.78 is 10.7. The molecule has 0 bridgehead atoms. The number of hydrogen-bond acceptors (Lipinski definition) is 8. The summed E-state index contributed by atoms with van der Waals surface area (Å²) in [6, 6.07) is 0. The molecule has 0 aliphatic carbocycles. The molecule has 3 rings (SSSR count). The number of likely N-dealkylation sites (tertiary alicyclic amines) is 2. The number of hydrogen-bond donors (Lipinski definition) is 0. The molecular formula is C25H39N3O7. The molecule has 3 aliphatic heterocycles. The maximum Gasteiger partial charge on any atom is 0.410 e. The van der Waals surface area contributed by atoms with Crippen LogP contribution < -0.4 is 0 Å². The summed E-state index contributed by atoms with van der Waals surface area (Å²) in [4.78, 5) is 58.1. The van der Waals surface area contributed by atoms with E-state index >= 15 is 0 Å². The van der Waals surface area contributed by atoms with Gasteiger partial charge in [-0.05, 0) is 73.1 Å². The number of esters is 1. The Bertz CT molecular complexity index is 878. The van der Waals surface area contributed by atoms with Gasteiger partial charge in [0.1, 0.15) is 11.2 Å². The lowest BCUT2D eigenvalue weighted by molar-refractivity contribution is -0.156. The Hall–Kier alpha value is -2.65. The van der Waals surface area contributed by atoms with Gasteiger partial charge in [-0.15, -0.1) is 0 Å². The monoisotopic (exact) mass is 493 g/mol. The van der Waals surface area contributed by atoms with Gasteiger partial charge in [0.05, 0.1) is 18.6 Å². The molecule has 1 atom stereocenters. The zero-order chi connectivity index (χ0) is 26.0. The van der Waals surface area contributed by atoms with E-state index in [4.69, 9.17) is 14.3 Å². The molecule has 1 spiro atoms. The third-order valence-corrected chi connectivity index (χ3v) is 6.28. The second-order valence-electron chi connectivity index (χ2n) is 11.7. The van der Waals surface area contributed by atoms with Crippen LogP contribution in [0.4, 0.5) is 4.79 Å². The van der Waals surface area contributed by atoms with E-state index in [9.17, 15) is 19.2 Å². The Morgan fingerprint density at radius 1 is 1.03 bits per heavy atom. The molecule has 1 unspecified atom stereocenters. The highest BCUT2D eigenvalue weighted by atomic mass is 16.7. The van der Waals surface area contributed by atoms with E-state index in [1.807, 2.05) is 20.8 Å². The minimum atomic E-state index is -1.28. The molecule has 0 aromatic carbocycles. The molecule has 0 radical (unpaired) electrons. The number of ether oxygens (including phenoxy) is 2. The molecular weight excluding hydrogens is 454 g/mol. The molecule has 2 saturated heterocycles. The predicted molar refractivity (Wildman–Crippen MR) is 127 cm³/mol. The van der Waals surface area contributed by atoms with Crippen LogP contribution in [0.25, 0.3) is 0 Å². The Kier molecular flexibility index (Phi) is 7.81. The van der Waals surface area contributed by atoms with Crippen molar-refractivity contribution >= 4 is 29.6 Å². The highest BCUT2D eigenvalue weighted by molar-refractivity contribution is 6.10. The molecule has 0 aromatic rings. The third kappa shape index (κ3) is 7.18. The highest BCUT2D eigenvalue weighted by Gasteiger charge is 2.57. The highest BCUT2D eigenvalue weighted by Crippen LogP contribution is 2.37. The fourth-order valence-corrected chi connectivity index (χ4v) is 4.59. The van der Waals surface area contributed by atoms with Crippen LogP contribution in [0.3, 0.4) is 0 Å². The summed E-state index contributed by atoms with van der Waals surface area (Å²) in [6.45, 7) is 12.2. The molecule has 2 fully saturated rings. The van der Waals surface area contributed by atoms with E-state index in [-0.39, 0.29) is 37.8 Å². The molecule has 3 heterocycles. The van der Waals surface area contributed by atoms with E-state index < -0.39 is 28.7 Å². The number of carbonyl (C=O) groups excluding carboxylic acids is 4. The fraction of sp³-hybridized carbons (Fsp3) is 0.800. The number of nitrogens with zero attached hydrogens (tertiary/aromatic N) is 3. The van der Waals surface area contributed by atoms with E-state index in [1.54, 1.807) is 25.7 Å². The van der Waals surface area contributed by atoms with Gasteiger partial charge in [0.15, 0.2) is 0 Å². The number of oxime groups is 1. The van der Waals surface area contributed by atoms with Crippen LogP contribution in [0.2, 0.25) is 0 Å². The van der Waals surface area contributed by atoms with Gasteiger partial charge in [0.2, 0.25) is 11.5 Å². The van der Waals surface area contributed by atoms with Gasteiger partial charge in [0, 0.05) is 26.1 Å². The summed E-state index contributed by atoms with van der Waals surface area (Å²) in [5.74, 6) is -0.805. The smallest absolute Gasteiger partial charge is 0.410 e. The average molecular weight is 494 g/mol. The molecule has 196 valence electrons. The lowest BCUT2D eigenvalue weighted by Crippen LogP contribution is -2.42. The lowest BCUT2D eigenvalue weighted by Gasteiger charge is -2.33. The summed E-state index contributed by atoms with van der Waals surface area (Å²) in [5, 5.41) is 4.14. The van der Waals surface area contributed by atoms with Crippen molar-refractivity contribution in [2.45, 2.75) is 103 Å². The zero-order valence-electron chi connectivity index (χ0n) is 21.8. The quantitative estimate of drug-likeness (QED) is 0.411. The maximum absolute atomic E-state index is 13.0. The van der Waals surface area contributed by atoms with Crippen molar-refractivity contribution in [3.8, 4) is 0 Å². The average Bonchev–Trinajstić information content (AvgIpc) is 3.23. The first kappa shape index (κ1) is 26.9. The van der Waals surface area contributed by atoms with Crippen molar-refractivity contribution in [3.63, 3.8) is 0 Å². The number of amides is 3. The van der Waals surface area contributed by atoms with Crippen molar-refractivity contribution in [2.75, 3.05) is 19.6 Å². The summed E-state index contributed by atoms with van der Waals surface area (Å²) in [5.41, 5.74) is -1.63. The molecule has 35 heavy (non-hydrogen) atoms. The number of carbonyl (C=O) groups is 4. The normalized spacial score (nSPS) is 23.5. The van der Waals surface area contributed by atoms with Gasteiger partial charge in [-0.25, -0.2) is 4.79 Å². The van der Waals surface area contributed by atoms with Crippen LogP contribution in [0, 0.1) is 5.92 Å². The first-order chi connectivity index (χ1) is 16.2. The van der Waals surface area contributed by atoms with Gasteiger partial charge >= 0.3 is 12.1 Å². The van der Waals surface area contributed by atoms with E-state index in [1.165, 1.54) is 0 Å². The summed E-state index contributed by atoms with van der Waals surface area (Å²) in [7, 11) is 0. The predicted octanol–water partition coefficient (Wildman–Crippen LogP) is 3.42. The molecule has 3 amide bonds. The molecule has 3 aliphatic rings. The zero-order valence-corrected chi connectivity index (χ0v) is 21.8. The summed E-state index contributed by atoms with van der Waals surface area (Å²) >= 11 is 0. The van der Waals surface area contributed by atoms with Crippen LogP contribution >= 0.6 is 0 Å². The maximum atomic E-state index is 13.0. The van der Waals surface area contributed by atoms with Crippen molar-refractivity contribution in [1.82, 2.24) is 9.80 Å². The minimum absolute atomic E-state index is 0.0246. The van der Waals surface area contributed by atoms with Gasteiger partial charge in [-0.2, -0.15) is 0 Å². The second-order valence-corrected chi connectivity index (χ2v) is 11.7. The third-order valence-electron chi connectivity index (χ3n) is 6.28. The molecule has 10 nitrogen and oxygen atoms in total. The van der Waals surface area contributed by atoms with Crippen molar-refractivity contribution in [2.24, 2.45) is 11.1 Å². The Morgan fingerprint density at radius 3 is 2.26 bits per heavy atom. The van der Waals surface area contributed by atoms with Gasteiger partial charge < -0.3 is 19.2 Å². The summed E-state index contributed by atoms with van der Waals surface area (Å²) in [6.07, 6.45) is 3.22. The van der Waals surface area contributed by atoms with Crippen LogP contribution in [0.1, 0.15) is 86.5 Å². The van der Waals surface area contributed by atoms with E-state index in [0.717, 1.165) is 29.9 Å². The van der Waals surface area contributed by atoms with Gasteiger partial charge in [-0.1, -0.05) is 5.16 Å². The largest absolute Gasteiger partial charge is 0.460 e. The fourth-order valence-electron chi connectivity index (χ4n) is 4.59. The van der Waals surface area contributed by atoms with Gasteiger partial charge in [-0.3, -0.25) is 19.3 Å². The Labute approximate surface area is 207 Å². The van der Waals surface area contributed by atoms with Crippen molar-refractivity contribution in [3.05, 3.63) is 0 Å². The number of rotatable bonds is 6. The van der Waals surface area contributed by atoms with Crippen LogP contribution in [0.5, 0.6) is 0 Å². The van der Waals surface area contributed by atoms with E-state index in [0.29, 0.717) is 25.4 Å². The van der Waals surface area contributed by atoms with Crippen molar-refractivity contribution in [1.29, 1.82) is 0 Å². The topological polar surface area (TPSA) is 115 Å².